The van der Waals surface area contributed by atoms with Crippen molar-refractivity contribution in [2.45, 2.75) is 13.5 Å². The van der Waals surface area contributed by atoms with Crippen LogP contribution in [-0.4, -0.2) is 39.3 Å². The van der Waals surface area contributed by atoms with Gasteiger partial charge in [-0.1, -0.05) is 24.3 Å². The van der Waals surface area contributed by atoms with Gasteiger partial charge in [0, 0.05) is 6.54 Å². The van der Waals surface area contributed by atoms with E-state index in [1.807, 2.05) is 31.2 Å². The lowest BCUT2D eigenvalue weighted by atomic mass is 10.2. The van der Waals surface area contributed by atoms with E-state index >= 15 is 0 Å². The Hall–Kier alpha value is -3.22. The first-order valence-electron chi connectivity index (χ1n) is 8.35. The van der Waals surface area contributed by atoms with Crippen molar-refractivity contribution in [3.8, 4) is 17.2 Å². The molecule has 0 atom stereocenters. The van der Waals surface area contributed by atoms with Crippen LogP contribution in [0.4, 0.5) is 0 Å². The average Bonchev–Trinajstić information content (AvgIpc) is 2.69. The SMILES string of the molecule is COc1ccc(CNC(=O)COC(=O)COc2ccccc2C)cc1OC. The number of esters is 1. The summed E-state index contributed by atoms with van der Waals surface area (Å²) in [5.41, 5.74) is 1.74. The van der Waals surface area contributed by atoms with Gasteiger partial charge in [0.15, 0.2) is 24.7 Å². The molecule has 1 amide bonds. The summed E-state index contributed by atoms with van der Waals surface area (Å²) in [4.78, 5) is 23.5. The second-order valence-electron chi connectivity index (χ2n) is 5.68. The van der Waals surface area contributed by atoms with E-state index in [0.717, 1.165) is 11.1 Å². The number of carbonyl (C=O) groups is 2. The molecule has 0 bridgehead atoms. The van der Waals surface area contributed by atoms with Crippen LogP contribution in [-0.2, 0) is 20.9 Å². The van der Waals surface area contributed by atoms with Crippen molar-refractivity contribution in [3.05, 3.63) is 53.6 Å². The molecule has 0 fully saturated rings. The molecule has 0 saturated heterocycles. The van der Waals surface area contributed by atoms with Crippen molar-refractivity contribution in [1.29, 1.82) is 0 Å². The van der Waals surface area contributed by atoms with Gasteiger partial charge in [0.25, 0.3) is 5.91 Å². The molecule has 0 aromatic heterocycles. The third-order valence-electron chi connectivity index (χ3n) is 3.74. The zero-order chi connectivity index (χ0) is 19.6. The first kappa shape index (κ1) is 20.1. The van der Waals surface area contributed by atoms with Gasteiger partial charge >= 0.3 is 5.97 Å². The van der Waals surface area contributed by atoms with E-state index in [-0.39, 0.29) is 19.8 Å². The number of amides is 1. The molecule has 0 aliphatic heterocycles. The molecule has 144 valence electrons. The molecule has 27 heavy (non-hydrogen) atoms. The fraction of sp³-hybridized carbons (Fsp3) is 0.300. The maximum absolute atomic E-state index is 11.8. The van der Waals surface area contributed by atoms with Gasteiger partial charge in [0.1, 0.15) is 5.75 Å². The maximum atomic E-state index is 11.8. The van der Waals surface area contributed by atoms with Crippen LogP contribution in [0.2, 0.25) is 0 Å². The minimum atomic E-state index is -0.612. The lowest BCUT2D eigenvalue weighted by molar-refractivity contribution is -0.150. The average molecular weight is 373 g/mol. The molecule has 0 radical (unpaired) electrons. The Morgan fingerprint density at radius 1 is 0.926 bits per heavy atom. The summed E-state index contributed by atoms with van der Waals surface area (Å²) in [5, 5.41) is 2.67. The van der Waals surface area contributed by atoms with Gasteiger partial charge in [0.05, 0.1) is 14.2 Å². The van der Waals surface area contributed by atoms with Crippen molar-refractivity contribution >= 4 is 11.9 Å². The number of nitrogens with one attached hydrogen (secondary N) is 1. The smallest absolute Gasteiger partial charge is 0.344 e. The lowest BCUT2D eigenvalue weighted by Gasteiger charge is -2.11. The van der Waals surface area contributed by atoms with E-state index < -0.39 is 11.9 Å². The predicted molar refractivity (Wildman–Crippen MR) is 99.0 cm³/mol. The van der Waals surface area contributed by atoms with Gasteiger partial charge in [-0.2, -0.15) is 0 Å². The molecule has 0 heterocycles. The van der Waals surface area contributed by atoms with Crippen molar-refractivity contribution in [1.82, 2.24) is 5.32 Å². The Balaban J connectivity index is 1.73. The number of hydrogen-bond acceptors (Lipinski definition) is 6. The number of carbonyl (C=O) groups excluding carboxylic acids is 2. The summed E-state index contributed by atoms with van der Waals surface area (Å²) in [6, 6.07) is 12.7. The highest BCUT2D eigenvalue weighted by Gasteiger charge is 2.10. The molecule has 2 aromatic carbocycles. The van der Waals surface area contributed by atoms with Gasteiger partial charge < -0.3 is 24.3 Å². The molecule has 7 heteroatoms. The topological polar surface area (TPSA) is 83.1 Å². The number of benzene rings is 2. The Kier molecular flexibility index (Phi) is 7.49. The van der Waals surface area contributed by atoms with Crippen molar-refractivity contribution in [3.63, 3.8) is 0 Å². The first-order valence-corrected chi connectivity index (χ1v) is 8.35. The molecule has 0 unspecified atom stereocenters. The molecule has 0 saturated carbocycles. The van der Waals surface area contributed by atoms with Crippen molar-refractivity contribution < 1.29 is 28.5 Å². The van der Waals surface area contributed by atoms with Crippen LogP contribution < -0.4 is 19.5 Å². The van der Waals surface area contributed by atoms with E-state index in [4.69, 9.17) is 18.9 Å². The number of rotatable bonds is 9. The van der Waals surface area contributed by atoms with E-state index in [9.17, 15) is 9.59 Å². The van der Waals surface area contributed by atoms with Crippen LogP contribution in [0, 0.1) is 6.92 Å². The summed E-state index contributed by atoms with van der Waals surface area (Å²) in [6.45, 7) is 1.52. The molecule has 1 N–H and O–H groups in total. The van der Waals surface area contributed by atoms with E-state index in [2.05, 4.69) is 5.32 Å². The fourth-order valence-corrected chi connectivity index (χ4v) is 2.29. The summed E-state index contributed by atoms with van der Waals surface area (Å²) < 4.78 is 20.7. The zero-order valence-corrected chi connectivity index (χ0v) is 15.6. The lowest BCUT2D eigenvalue weighted by Crippen LogP contribution is -2.29. The number of ether oxygens (including phenoxy) is 4. The largest absolute Gasteiger partial charge is 0.493 e. The molecule has 2 aromatic rings. The highest BCUT2D eigenvalue weighted by atomic mass is 16.6. The normalized spacial score (nSPS) is 10.0. The van der Waals surface area contributed by atoms with E-state index in [0.29, 0.717) is 17.2 Å². The molecule has 0 aliphatic carbocycles. The third-order valence-corrected chi connectivity index (χ3v) is 3.74. The highest BCUT2D eigenvalue weighted by Crippen LogP contribution is 2.27. The number of hydrogen-bond donors (Lipinski definition) is 1. The summed E-state index contributed by atoms with van der Waals surface area (Å²) in [6.07, 6.45) is 0. The Bertz CT molecular complexity index is 790. The Labute approximate surface area is 158 Å². The second kappa shape index (κ2) is 10.1. The van der Waals surface area contributed by atoms with E-state index in [1.165, 1.54) is 0 Å². The molecule has 0 aliphatic rings. The minimum absolute atomic E-state index is 0.256. The number of methoxy groups -OCH3 is 2. The zero-order valence-electron chi connectivity index (χ0n) is 15.6. The molecule has 2 rings (SSSR count). The van der Waals surface area contributed by atoms with Crippen LogP contribution >= 0.6 is 0 Å². The summed E-state index contributed by atoms with van der Waals surface area (Å²) >= 11 is 0. The van der Waals surface area contributed by atoms with Crippen LogP contribution in [0.1, 0.15) is 11.1 Å². The maximum Gasteiger partial charge on any atom is 0.344 e. The fourth-order valence-electron chi connectivity index (χ4n) is 2.29. The van der Waals surface area contributed by atoms with Crippen LogP contribution in [0.5, 0.6) is 17.2 Å². The van der Waals surface area contributed by atoms with Crippen molar-refractivity contribution in [2.24, 2.45) is 0 Å². The van der Waals surface area contributed by atoms with Gasteiger partial charge in [-0.3, -0.25) is 4.79 Å². The van der Waals surface area contributed by atoms with Crippen molar-refractivity contribution in [2.75, 3.05) is 27.4 Å². The van der Waals surface area contributed by atoms with Crippen LogP contribution in [0.3, 0.4) is 0 Å². The quantitative estimate of drug-likeness (QED) is 0.679. The molecular weight excluding hydrogens is 350 g/mol. The molecular formula is C20H23NO6. The predicted octanol–water partition coefficient (Wildman–Crippen LogP) is 2.25. The molecule has 7 nitrogen and oxygen atoms in total. The second-order valence-corrected chi connectivity index (χ2v) is 5.68. The van der Waals surface area contributed by atoms with Gasteiger partial charge in [-0.15, -0.1) is 0 Å². The highest BCUT2D eigenvalue weighted by molar-refractivity contribution is 5.80. The van der Waals surface area contributed by atoms with Gasteiger partial charge in [-0.05, 0) is 36.2 Å². The summed E-state index contributed by atoms with van der Waals surface area (Å²) in [5.74, 6) is 0.764. The third kappa shape index (κ3) is 6.22. The monoisotopic (exact) mass is 373 g/mol. The van der Waals surface area contributed by atoms with Gasteiger partial charge in [0.2, 0.25) is 0 Å². The van der Waals surface area contributed by atoms with Crippen LogP contribution in [0.25, 0.3) is 0 Å². The Morgan fingerprint density at radius 2 is 1.67 bits per heavy atom. The minimum Gasteiger partial charge on any atom is -0.493 e. The Morgan fingerprint density at radius 3 is 2.37 bits per heavy atom. The number of para-hydroxylation sites is 1. The first-order chi connectivity index (χ1) is 13.0. The number of aryl methyl sites for hydroxylation is 1. The van der Waals surface area contributed by atoms with E-state index in [1.54, 1.807) is 32.4 Å². The summed E-state index contributed by atoms with van der Waals surface area (Å²) in [7, 11) is 3.09. The standard InChI is InChI=1S/C20H23NO6/c1-14-6-4-5-7-16(14)26-13-20(23)27-12-19(22)21-11-15-8-9-17(24-2)18(10-15)25-3/h4-10H,11-13H2,1-3H3,(H,21,22). The van der Waals surface area contributed by atoms with Gasteiger partial charge in [-0.25, -0.2) is 4.79 Å². The van der Waals surface area contributed by atoms with Crippen LogP contribution in [0.15, 0.2) is 42.5 Å². The molecule has 0 spiro atoms.